The molecule has 3 nitrogen and oxygen atoms in total. The van der Waals surface area contributed by atoms with Crippen LogP contribution in [0.5, 0.6) is 0 Å². The highest BCUT2D eigenvalue weighted by atomic mass is 32.1. The molecule has 4 heteroatoms. The van der Waals surface area contributed by atoms with Gasteiger partial charge in [-0.05, 0) is 25.6 Å². The SMILES string of the molecule is CCCN(CC)CCN(C)c1cc(=S)c1=O. The fraction of sp³-hybridized carbons (Fsp3) is 0.667. The Balaban J connectivity index is 2.41. The third-order valence-electron chi connectivity index (χ3n) is 2.87. The molecule has 0 radical (unpaired) electrons. The minimum Gasteiger partial charge on any atom is -0.370 e. The highest BCUT2D eigenvalue weighted by Gasteiger charge is 2.11. The normalized spacial score (nSPS) is 11.2. The summed E-state index contributed by atoms with van der Waals surface area (Å²) in [5.74, 6) is 0. The van der Waals surface area contributed by atoms with Gasteiger partial charge in [0.15, 0.2) is 0 Å². The average molecular weight is 240 g/mol. The summed E-state index contributed by atoms with van der Waals surface area (Å²) in [4.78, 5) is 15.8. The molecule has 0 aliphatic rings. The molecule has 0 N–H and O–H groups in total. The van der Waals surface area contributed by atoms with E-state index < -0.39 is 0 Å². The van der Waals surface area contributed by atoms with E-state index in [1.165, 1.54) is 6.42 Å². The van der Waals surface area contributed by atoms with E-state index in [1.54, 1.807) is 6.07 Å². The Kier molecular flexibility index (Phi) is 5.09. The monoisotopic (exact) mass is 240 g/mol. The molecule has 0 aliphatic carbocycles. The van der Waals surface area contributed by atoms with Gasteiger partial charge in [0, 0.05) is 20.1 Å². The zero-order valence-corrected chi connectivity index (χ0v) is 11.1. The highest BCUT2D eigenvalue weighted by Crippen LogP contribution is 2.09. The summed E-state index contributed by atoms with van der Waals surface area (Å²) in [6.07, 6.45) is 1.17. The van der Waals surface area contributed by atoms with E-state index in [0.29, 0.717) is 4.51 Å². The minimum atomic E-state index is 0.0241. The molecule has 0 saturated heterocycles. The van der Waals surface area contributed by atoms with Crippen molar-refractivity contribution in [2.24, 2.45) is 0 Å². The van der Waals surface area contributed by atoms with Gasteiger partial charge in [-0.2, -0.15) is 0 Å². The quantitative estimate of drug-likeness (QED) is 0.678. The maximum absolute atomic E-state index is 11.4. The first-order valence-electron chi connectivity index (χ1n) is 5.84. The maximum atomic E-state index is 11.4. The van der Waals surface area contributed by atoms with E-state index in [0.717, 1.165) is 31.9 Å². The largest absolute Gasteiger partial charge is 0.370 e. The van der Waals surface area contributed by atoms with E-state index >= 15 is 0 Å². The Labute approximate surface area is 102 Å². The van der Waals surface area contributed by atoms with Gasteiger partial charge >= 0.3 is 0 Å². The highest BCUT2D eigenvalue weighted by molar-refractivity contribution is 7.71. The van der Waals surface area contributed by atoms with Gasteiger partial charge < -0.3 is 9.80 Å². The van der Waals surface area contributed by atoms with Gasteiger partial charge in [0.05, 0.1) is 10.2 Å². The van der Waals surface area contributed by atoms with Crippen LogP contribution in [-0.2, 0) is 0 Å². The molecular weight excluding hydrogens is 220 g/mol. The zero-order chi connectivity index (χ0) is 12.1. The predicted molar refractivity (Wildman–Crippen MR) is 71.6 cm³/mol. The van der Waals surface area contributed by atoms with Crippen LogP contribution in [0.25, 0.3) is 0 Å². The standard InChI is InChI=1S/C12H20N2OS/c1-4-6-14(5-2)8-7-13(3)10-9-11(16)12(10)15/h9H,4-8H2,1-3H3. The Morgan fingerprint density at radius 3 is 2.38 bits per heavy atom. The van der Waals surface area contributed by atoms with Gasteiger partial charge in [0.1, 0.15) is 0 Å². The minimum absolute atomic E-state index is 0.0241. The molecule has 1 rings (SSSR count). The lowest BCUT2D eigenvalue weighted by Gasteiger charge is -2.25. The molecule has 0 bridgehead atoms. The predicted octanol–water partition coefficient (Wildman–Crippen LogP) is 1.82. The summed E-state index contributed by atoms with van der Waals surface area (Å²) in [5.41, 5.74) is 0.786. The van der Waals surface area contributed by atoms with Crippen LogP contribution in [0.15, 0.2) is 10.9 Å². The van der Waals surface area contributed by atoms with Crippen LogP contribution in [0.3, 0.4) is 0 Å². The lowest BCUT2D eigenvalue weighted by atomic mass is 10.2. The molecule has 0 amide bonds. The first kappa shape index (κ1) is 13.3. The third kappa shape index (κ3) is 3.12. The van der Waals surface area contributed by atoms with Crippen LogP contribution < -0.4 is 10.3 Å². The van der Waals surface area contributed by atoms with Crippen LogP contribution in [-0.4, -0.2) is 38.1 Å². The molecule has 16 heavy (non-hydrogen) atoms. The molecule has 0 aromatic heterocycles. The van der Waals surface area contributed by atoms with Gasteiger partial charge in [0.25, 0.3) is 0 Å². The van der Waals surface area contributed by atoms with E-state index in [-0.39, 0.29) is 5.43 Å². The van der Waals surface area contributed by atoms with Gasteiger partial charge in [0.2, 0.25) is 5.43 Å². The zero-order valence-electron chi connectivity index (χ0n) is 10.3. The van der Waals surface area contributed by atoms with Crippen LogP contribution in [0.2, 0.25) is 0 Å². The van der Waals surface area contributed by atoms with E-state index in [4.69, 9.17) is 12.2 Å². The summed E-state index contributed by atoms with van der Waals surface area (Å²) in [6, 6.07) is 1.79. The Bertz CT molecular complexity index is 395. The number of anilines is 1. The molecule has 1 aromatic carbocycles. The van der Waals surface area contributed by atoms with Crippen molar-refractivity contribution in [3.05, 3.63) is 20.8 Å². The summed E-state index contributed by atoms with van der Waals surface area (Å²) in [6.45, 7) is 8.41. The molecule has 0 saturated carbocycles. The second kappa shape index (κ2) is 6.11. The Morgan fingerprint density at radius 1 is 1.25 bits per heavy atom. The molecule has 90 valence electrons. The van der Waals surface area contributed by atoms with Crippen LogP contribution in [0.4, 0.5) is 5.69 Å². The molecule has 0 heterocycles. The maximum Gasteiger partial charge on any atom is 0.219 e. The van der Waals surface area contributed by atoms with Crippen LogP contribution >= 0.6 is 12.2 Å². The van der Waals surface area contributed by atoms with Gasteiger partial charge in [-0.3, -0.25) is 4.79 Å². The van der Waals surface area contributed by atoms with E-state index in [9.17, 15) is 4.79 Å². The summed E-state index contributed by atoms with van der Waals surface area (Å²) < 4.78 is 0.461. The van der Waals surface area contributed by atoms with Crippen molar-refractivity contribution in [2.75, 3.05) is 38.1 Å². The van der Waals surface area contributed by atoms with E-state index in [1.807, 2.05) is 11.9 Å². The second-order valence-corrected chi connectivity index (χ2v) is 4.52. The number of hydrogen-bond acceptors (Lipinski definition) is 4. The van der Waals surface area contributed by atoms with Gasteiger partial charge in [-0.15, -0.1) is 0 Å². The van der Waals surface area contributed by atoms with Crippen LogP contribution in [0.1, 0.15) is 20.3 Å². The fourth-order valence-electron chi connectivity index (χ4n) is 1.74. The molecule has 0 spiro atoms. The molecule has 0 fully saturated rings. The lowest BCUT2D eigenvalue weighted by Crippen LogP contribution is -2.36. The van der Waals surface area contributed by atoms with Crippen LogP contribution in [0, 0.1) is 4.51 Å². The van der Waals surface area contributed by atoms with Crippen molar-refractivity contribution in [1.29, 1.82) is 0 Å². The van der Waals surface area contributed by atoms with Gasteiger partial charge in [-0.25, -0.2) is 0 Å². The smallest absolute Gasteiger partial charge is 0.219 e. The topological polar surface area (TPSA) is 23.6 Å². The number of nitrogens with zero attached hydrogens (tertiary/aromatic N) is 2. The van der Waals surface area contributed by atoms with Crippen molar-refractivity contribution in [3.63, 3.8) is 0 Å². The Hall–Kier alpha value is -0.740. The number of rotatable bonds is 7. The Morgan fingerprint density at radius 2 is 1.94 bits per heavy atom. The first-order chi connectivity index (χ1) is 7.60. The molecule has 1 aromatic rings. The molecule has 0 atom stereocenters. The molecule has 0 unspecified atom stereocenters. The molecule has 0 aliphatic heterocycles. The summed E-state index contributed by atoms with van der Waals surface area (Å²) >= 11 is 4.84. The summed E-state index contributed by atoms with van der Waals surface area (Å²) in [5, 5.41) is 0. The second-order valence-electron chi connectivity index (χ2n) is 4.08. The molecular formula is C12H20N2OS. The van der Waals surface area contributed by atoms with E-state index in [2.05, 4.69) is 18.7 Å². The average Bonchev–Trinajstić information content (AvgIpc) is 2.30. The van der Waals surface area contributed by atoms with Crippen molar-refractivity contribution < 1.29 is 0 Å². The first-order valence-corrected chi connectivity index (χ1v) is 6.24. The number of hydrogen-bond donors (Lipinski definition) is 0. The lowest BCUT2D eigenvalue weighted by molar-refractivity contribution is 0.295. The van der Waals surface area contributed by atoms with Crippen molar-refractivity contribution in [2.45, 2.75) is 20.3 Å². The summed E-state index contributed by atoms with van der Waals surface area (Å²) in [7, 11) is 1.95. The van der Waals surface area contributed by atoms with Gasteiger partial charge in [-0.1, -0.05) is 26.1 Å². The number of likely N-dealkylation sites (N-methyl/N-ethyl adjacent to an activating group) is 2. The van der Waals surface area contributed by atoms with Crippen molar-refractivity contribution in [3.8, 4) is 0 Å². The van der Waals surface area contributed by atoms with Crippen molar-refractivity contribution in [1.82, 2.24) is 4.90 Å². The van der Waals surface area contributed by atoms with Crippen molar-refractivity contribution >= 4 is 17.9 Å². The fourth-order valence-corrected chi connectivity index (χ4v) is 1.96. The third-order valence-corrected chi connectivity index (χ3v) is 3.18.